The predicted octanol–water partition coefficient (Wildman–Crippen LogP) is 0.313. The highest BCUT2D eigenvalue weighted by Crippen LogP contribution is 1.90. The average Bonchev–Trinajstić information content (AvgIpc) is 1.97. The third-order valence-corrected chi connectivity index (χ3v) is 2.61. The van der Waals surface area contributed by atoms with E-state index in [4.69, 9.17) is 5.26 Å². The van der Waals surface area contributed by atoms with Crippen molar-refractivity contribution in [2.24, 2.45) is 0 Å². The van der Waals surface area contributed by atoms with Gasteiger partial charge in [0.15, 0.2) is 0 Å². The molecular weight excluding hydrogens is 188 g/mol. The number of nitrogens with zero attached hydrogens (tertiary/aromatic N) is 1. The van der Waals surface area contributed by atoms with E-state index in [1.807, 2.05) is 13.0 Å². The predicted molar refractivity (Wildman–Crippen MR) is 52.0 cm³/mol. The summed E-state index contributed by atoms with van der Waals surface area (Å²) in [5.41, 5.74) is 0. The van der Waals surface area contributed by atoms with Gasteiger partial charge in [-0.25, -0.2) is 8.42 Å². The Bertz CT molecular complexity index is 266. The summed E-state index contributed by atoms with van der Waals surface area (Å²) in [6.45, 7) is 2.56. The molecule has 0 aliphatic heterocycles. The van der Waals surface area contributed by atoms with Crippen LogP contribution in [0.5, 0.6) is 0 Å². The molecule has 0 saturated heterocycles. The molecule has 0 saturated carbocycles. The van der Waals surface area contributed by atoms with Crippen LogP contribution in [-0.2, 0) is 9.84 Å². The van der Waals surface area contributed by atoms with Gasteiger partial charge in [-0.2, -0.15) is 5.26 Å². The van der Waals surface area contributed by atoms with Gasteiger partial charge >= 0.3 is 0 Å². The first-order valence-corrected chi connectivity index (χ1v) is 6.30. The van der Waals surface area contributed by atoms with Gasteiger partial charge in [0.2, 0.25) is 0 Å². The number of sulfone groups is 1. The fourth-order valence-corrected chi connectivity index (χ4v) is 1.56. The van der Waals surface area contributed by atoms with Gasteiger partial charge < -0.3 is 5.32 Å². The van der Waals surface area contributed by atoms with Crippen LogP contribution in [0, 0.1) is 11.3 Å². The van der Waals surface area contributed by atoms with E-state index < -0.39 is 9.84 Å². The van der Waals surface area contributed by atoms with Gasteiger partial charge in [-0.3, -0.25) is 0 Å². The summed E-state index contributed by atoms with van der Waals surface area (Å²) < 4.78 is 21.4. The Morgan fingerprint density at radius 1 is 1.54 bits per heavy atom. The molecule has 0 aliphatic carbocycles. The number of hydrogen-bond acceptors (Lipinski definition) is 4. The van der Waals surface area contributed by atoms with Gasteiger partial charge in [-0.1, -0.05) is 0 Å². The minimum absolute atomic E-state index is 0.143. The molecule has 0 bridgehead atoms. The van der Waals surface area contributed by atoms with E-state index in [1.165, 1.54) is 6.26 Å². The molecule has 76 valence electrons. The molecule has 0 fully saturated rings. The van der Waals surface area contributed by atoms with E-state index in [-0.39, 0.29) is 11.8 Å². The summed E-state index contributed by atoms with van der Waals surface area (Å²) >= 11 is 0. The van der Waals surface area contributed by atoms with Gasteiger partial charge in [0.1, 0.15) is 9.84 Å². The normalized spacial score (nSPS) is 13.6. The number of nitriles is 1. The van der Waals surface area contributed by atoms with Crippen molar-refractivity contribution in [2.45, 2.75) is 25.8 Å². The first-order chi connectivity index (χ1) is 5.95. The van der Waals surface area contributed by atoms with Crippen molar-refractivity contribution in [1.82, 2.24) is 5.32 Å². The fourth-order valence-electron chi connectivity index (χ4n) is 0.892. The molecule has 0 aromatic heterocycles. The van der Waals surface area contributed by atoms with Crippen LogP contribution in [0.25, 0.3) is 0 Å². The van der Waals surface area contributed by atoms with Gasteiger partial charge in [0.25, 0.3) is 0 Å². The third kappa shape index (κ3) is 9.31. The highest BCUT2D eigenvalue weighted by Gasteiger charge is 2.02. The molecule has 0 spiro atoms. The smallest absolute Gasteiger partial charge is 0.147 e. The Balaban J connectivity index is 3.42. The van der Waals surface area contributed by atoms with E-state index in [9.17, 15) is 8.42 Å². The Morgan fingerprint density at radius 3 is 2.62 bits per heavy atom. The molecule has 13 heavy (non-hydrogen) atoms. The van der Waals surface area contributed by atoms with Crippen molar-refractivity contribution in [2.75, 3.05) is 18.6 Å². The topological polar surface area (TPSA) is 70.0 Å². The van der Waals surface area contributed by atoms with Crippen molar-refractivity contribution < 1.29 is 8.42 Å². The zero-order chi connectivity index (χ0) is 10.3. The van der Waals surface area contributed by atoms with E-state index in [0.717, 1.165) is 0 Å². The van der Waals surface area contributed by atoms with Crippen LogP contribution in [0.2, 0.25) is 0 Å². The lowest BCUT2D eigenvalue weighted by atomic mass is 10.2. The molecular formula is C8H16N2O2S. The summed E-state index contributed by atoms with van der Waals surface area (Å²) in [7, 11) is -2.84. The Labute approximate surface area is 79.9 Å². The van der Waals surface area contributed by atoms with E-state index in [0.29, 0.717) is 19.4 Å². The summed E-state index contributed by atoms with van der Waals surface area (Å²) in [4.78, 5) is 0. The molecule has 4 nitrogen and oxygen atoms in total. The second-order valence-electron chi connectivity index (χ2n) is 3.20. The van der Waals surface area contributed by atoms with Crippen molar-refractivity contribution in [3.8, 4) is 6.07 Å². The summed E-state index contributed by atoms with van der Waals surface area (Å²) in [6, 6.07) is 2.19. The maximum absolute atomic E-state index is 10.7. The number of hydrogen-bond donors (Lipinski definition) is 1. The van der Waals surface area contributed by atoms with Crippen molar-refractivity contribution in [3.05, 3.63) is 0 Å². The van der Waals surface area contributed by atoms with Crippen LogP contribution in [0.1, 0.15) is 19.8 Å². The number of rotatable bonds is 6. The summed E-state index contributed by atoms with van der Waals surface area (Å²) in [6.07, 6.45) is 2.29. The average molecular weight is 204 g/mol. The standard InChI is InChI=1S/C8H16N2O2S/c1-8(4-5-9)10-6-3-7-13(2,11)12/h8,10H,3-4,6-7H2,1-2H3. The lowest BCUT2D eigenvalue weighted by molar-refractivity contribution is 0.549. The molecule has 0 rings (SSSR count). The molecule has 1 N–H and O–H groups in total. The summed E-state index contributed by atoms with van der Waals surface area (Å²) in [5.74, 6) is 0.208. The molecule has 1 atom stereocenters. The van der Waals surface area contributed by atoms with Crippen LogP contribution < -0.4 is 5.32 Å². The molecule has 0 aliphatic rings. The largest absolute Gasteiger partial charge is 0.313 e. The van der Waals surface area contributed by atoms with Crippen molar-refractivity contribution in [1.29, 1.82) is 5.26 Å². The minimum Gasteiger partial charge on any atom is -0.313 e. The van der Waals surface area contributed by atoms with Crippen LogP contribution in [0.4, 0.5) is 0 Å². The highest BCUT2D eigenvalue weighted by atomic mass is 32.2. The zero-order valence-corrected chi connectivity index (χ0v) is 8.89. The zero-order valence-electron chi connectivity index (χ0n) is 8.08. The van der Waals surface area contributed by atoms with Crippen LogP contribution in [0.3, 0.4) is 0 Å². The van der Waals surface area contributed by atoms with Gasteiger partial charge in [0.05, 0.1) is 18.2 Å². The quantitative estimate of drug-likeness (QED) is 0.632. The first kappa shape index (κ1) is 12.4. The molecule has 0 amide bonds. The highest BCUT2D eigenvalue weighted by molar-refractivity contribution is 7.90. The fraction of sp³-hybridized carbons (Fsp3) is 0.875. The SMILES string of the molecule is CC(CC#N)NCCCS(C)(=O)=O. The maximum atomic E-state index is 10.7. The van der Waals surface area contributed by atoms with Crippen LogP contribution >= 0.6 is 0 Å². The second-order valence-corrected chi connectivity index (χ2v) is 5.46. The molecule has 0 radical (unpaired) electrons. The van der Waals surface area contributed by atoms with Gasteiger partial charge in [-0.05, 0) is 19.9 Å². The van der Waals surface area contributed by atoms with E-state index >= 15 is 0 Å². The van der Waals surface area contributed by atoms with Crippen molar-refractivity contribution >= 4 is 9.84 Å². The lowest BCUT2D eigenvalue weighted by Crippen LogP contribution is -2.27. The molecule has 1 unspecified atom stereocenters. The number of nitrogens with one attached hydrogen (secondary N) is 1. The van der Waals surface area contributed by atoms with E-state index in [1.54, 1.807) is 0 Å². The Kier molecular flexibility index (Phi) is 5.67. The van der Waals surface area contributed by atoms with Gasteiger partial charge in [0, 0.05) is 12.3 Å². The molecule has 0 aromatic rings. The Hall–Kier alpha value is -0.600. The van der Waals surface area contributed by atoms with E-state index in [2.05, 4.69) is 5.32 Å². The van der Waals surface area contributed by atoms with Crippen molar-refractivity contribution in [3.63, 3.8) is 0 Å². The minimum atomic E-state index is -2.84. The molecule has 0 heterocycles. The summed E-state index contributed by atoms with van der Waals surface area (Å²) in [5, 5.41) is 11.4. The first-order valence-electron chi connectivity index (χ1n) is 4.24. The second kappa shape index (κ2) is 5.95. The van der Waals surface area contributed by atoms with Crippen LogP contribution in [-0.4, -0.2) is 33.0 Å². The maximum Gasteiger partial charge on any atom is 0.147 e. The Morgan fingerprint density at radius 2 is 2.15 bits per heavy atom. The lowest BCUT2D eigenvalue weighted by Gasteiger charge is -2.08. The molecule has 0 aromatic carbocycles. The van der Waals surface area contributed by atoms with Gasteiger partial charge in [-0.15, -0.1) is 0 Å². The van der Waals surface area contributed by atoms with Crippen LogP contribution in [0.15, 0.2) is 0 Å². The monoisotopic (exact) mass is 204 g/mol. The molecule has 5 heteroatoms. The third-order valence-electron chi connectivity index (χ3n) is 1.58.